The molecule has 6 heteroatoms. The summed E-state index contributed by atoms with van der Waals surface area (Å²) in [7, 11) is 1.91. The predicted molar refractivity (Wildman–Crippen MR) is 98.9 cm³/mol. The molecule has 0 N–H and O–H groups in total. The van der Waals surface area contributed by atoms with E-state index in [-0.39, 0.29) is 11.8 Å². The van der Waals surface area contributed by atoms with E-state index < -0.39 is 0 Å². The molecule has 1 aliphatic heterocycles. The van der Waals surface area contributed by atoms with Gasteiger partial charge in [-0.15, -0.1) is 0 Å². The summed E-state index contributed by atoms with van der Waals surface area (Å²) in [6.07, 6.45) is 9.62. The molecule has 1 aliphatic rings. The van der Waals surface area contributed by atoms with Gasteiger partial charge in [0.25, 0.3) is 5.91 Å². The average molecular weight is 349 g/mol. The van der Waals surface area contributed by atoms with Gasteiger partial charge in [0.1, 0.15) is 11.5 Å². The Labute approximate surface area is 153 Å². The molecule has 4 heterocycles. The smallest absolute Gasteiger partial charge is 0.270 e. The summed E-state index contributed by atoms with van der Waals surface area (Å²) >= 11 is 0. The first-order chi connectivity index (χ1) is 12.7. The van der Waals surface area contributed by atoms with Crippen LogP contribution in [0.25, 0.3) is 0 Å². The molecule has 0 radical (unpaired) electrons. The van der Waals surface area contributed by atoms with Crippen LogP contribution in [0.1, 0.15) is 40.8 Å². The lowest BCUT2D eigenvalue weighted by atomic mass is 9.96. The summed E-state index contributed by atoms with van der Waals surface area (Å²) in [5.74, 6) is 1.40. The molecule has 1 fully saturated rings. The van der Waals surface area contributed by atoms with E-state index in [1.807, 2.05) is 71.6 Å². The van der Waals surface area contributed by atoms with Gasteiger partial charge in [0.05, 0.1) is 12.2 Å². The first-order valence-corrected chi connectivity index (χ1v) is 9.04. The molecule has 0 spiro atoms. The highest BCUT2D eigenvalue weighted by molar-refractivity contribution is 5.92. The van der Waals surface area contributed by atoms with Crippen LogP contribution in [0.2, 0.25) is 0 Å². The Balaban J connectivity index is 1.51. The second-order valence-corrected chi connectivity index (χ2v) is 6.83. The van der Waals surface area contributed by atoms with Crippen LogP contribution in [0.15, 0.2) is 55.1 Å². The van der Waals surface area contributed by atoms with Crippen molar-refractivity contribution in [3.8, 4) is 0 Å². The fourth-order valence-electron chi connectivity index (χ4n) is 3.70. The fourth-order valence-corrected chi connectivity index (χ4v) is 3.70. The van der Waals surface area contributed by atoms with Crippen molar-refractivity contribution in [2.24, 2.45) is 7.05 Å². The van der Waals surface area contributed by atoms with Gasteiger partial charge in [-0.25, -0.2) is 4.98 Å². The SMILES string of the molecule is Cn1cccc1C(=O)N1CCC[C@H](c2nccn2Cc2ccccn2)C1. The first kappa shape index (κ1) is 16.6. The topological polar surface area (TPSA) is 56.0 Å². The predicted octanol–water partition coefficient (Wildman–Crippen LogP) is 2.68. The van der Waals surface area contributed by atoms with Gasteiger partial charge in [-0.1, -0.05) is 6.07 Å². The lowest BCUT2D eigenvalue weighted by molar-refractivity contribution is 0.0693. The zero-order chi connectivity index (χ0) is 17.9. The molecule has 1 saturated heterocycles. The van der Waals surface area contributed by atoms with E-state index in [4.69, 9.17) is 0 Å². The van der Waals surface area contributed by atoms with Crippen LogP contribution >= 0.6 is 0 Å². The largest absolute Gasteiger partial charge is 0.347 e. The standard InChI is InChI=1S/C20H23N5O/c1-23-11-5-8-18(23)20(26)25-12-4-6-16(14-25)19-22-10-13-24(19)15-17-7-2-3-9-21-17/h2-3,5,7-11,13,16H,4,6,12,14-15H2,1H3/t16-/m0/s1. The van der Waals surface area contributed by atoms with Gasteiger partial charge in [-0.2, -0.15) is 0 Å². The van der Waals surface area contributed by atoms with E-state index in [1.165, 1.54) is 0 Å². The number of carbonyl (C=O) groups excluding carboxylic acids is 1. The minimum atomic E-state index is 0.102. The molecular weight excluding hydrogens is 326 g/mol. The number of amides is 1. The molecule has 1 atom stereocenters. The Kier molecular flexibility index (Phi) is 4.56. The van der Waals surface area contributed by atoms with E-state index in [9.17, 15) is 4.79 Å². The fraction of sp³-hybridized carbons (Fsp3) is 0.350. The van der Waals surface area contributed by atoms with Gasteiger partial charge in [-0.3, -0.25) is 9.78 Å². The number of hydrogen-bond donors (Lipinski definition) is 0. The van der Waals surface area contributed by atoms with Crippen molar-refractivity contribution in [1.82, 2.24) is 24.0 Å². The van der Waals surface area contributed by atoms with Crippen LogP contribution in [0.4, 0.5) is 0 Å². The maximum atomic E-state index is 12.8. The summed E-state index contributed by atoms with van der Waals surface area (Å²) in [6, 6.07) is 9.74. The maximum Gasteiger partial charge on any atom is 0.270 e. The number of likely N-dealkylation sites (tertiary alicyclic amines) is 1. The van der Waals surface area contributed by atoms with Crippen LogP contribution < -0.4 is 0 Å². The number of aryl methyl sites for hydroxylation is 1. The Hall–Kier alpha value is -2.89. The van der Waals surface area contributed by atoms with Crippen LogP contribution in [-0.4, -0.2) is 43.0 Å². The lowest BCUT2D eigenvalue weighted by Crippen LogP contribution is -2.40. The molecular formula is C20H23N5O. The minimum Gasteiger partial charge on any atom is -0.347 e. The number of nitrogens with zero attached hydrogens (tertiary/aromatic N) is 5. The number of imidazole rings is 1. The number of piperidine rings is 1. The number of hydrogen-bond acceptors (Lipinski definition) is 3. The molecule has 3 aromatic rings. The van der Waals surface area contributed by atoms with Crippen molar-refractivity contribution in [2.75, 3.05) is 13.1 Å². The first-order valence-electron chi connectivity index (χ1n) is 9.04. The summed E-state index contributed by atoms with van der Waals surface area (Å²) in [5.41, 5.74) is 1.75. The van der Waals surface area contributed by atoms with E-state index in [0.717, 1.165) is 36.6 Å². The highest BCUT2D eigenvalue weighted by atomic mass is 16.2. The Morgan fingerprint density at radius 2 is 2.08 bits per heavy atom. The van der Waals surface area contributed by atoms with Crippen molar-refractivity contribution in [3.63, 3.8) is 0 Å². The third-order valence-corrected chi connectivity index (χ3v) is 5.04. The van der Waals surface area contributed by atoms with Crippen LogP contribution in [-0.2, 0) is 13.6 Å². The summed E-state index contributed by atoms with van der Waals surface area (Å²) in [6.45, 7) is 2.23. The van der Waals surface area contributed by atoms with Crippen molar-refractivity contribution >= 4 is 5.91 Å². The van der Waals surface area contributed by atoms with Crippen LogP contribution in [0.5, 0.6) is 0 Å². The average Bonchev–Trinajstić information content (AvgIpc) is 3.31. The number of rotatable bonds is 4. The van der Waals surface area contributed by atoms with Crippen molar-refractivity contribution in [3.05, 3.63) is 72.3 Å². The molecule has 26 heavy (non-hydrogen) atoms. The highest BCUT2D eigenvalue weighted by Gasteiger charge is 2.28. The number of aromatic nitrogens is 4. The Morgan fingerprint density at radius 1 is 1.15 bits per heavy atom. The lowest BCUT2D eigenvalue weighted by Gasteiger charge is -2.32. The molecule has 134 valence electrons. The van der Waals surface area contributed by atoms with E-state index >= 15 is 0 Å². The van der Waals surface area contributed by atoms with Gasteiger partial charge in [0.2, 0.25) is 0 Å². The molecule has 4 rings (SSSR count). The van der Waals surface area contributed by atoms with Gasteiger partial charge < -0.3 is 14.0 Å². The van der Waals surface area contributed by atoms with Gasteiger partial charge in [0.15, 0.2) is 0 Å². The minimum absolute atomic E-state index is 0.102. The van der Waals surface area contributed by atoms with E-state index in [1.54, 1.807) is 0 Å². The molecule has 0 bridgehead atoms. The summed E-state index contributed by atoms with van der Waals surface area (Å²) in [4.78, 5) is 23.8. The molecule has 0 unspecified atom stereocenters. The molecule has 0 saturated carbocycles. The number of pyridine rings is 1. The summed E-state index contributed by atoms with van der Waals surface area (Å²) < 4.78 is 4.04. The zero-order valence-corrected chi connectivity index (χ0v) is 15.0. The van der Waals surface area contributed by atoms with E-state index in [0.29, 0.717) is 13.1 Å². The monoisotopic (exact) mass is 349 g/mol. The second kappa shape index (κ2) is 7.15. The van der Waals surface area contributed by atoms with Crippen molar-refractivity contribution in [1.29, 1.82) is 0 Å². The molecule has 6 nitrogen and oxygen atoms in total. The Bertz CT molecular complexity index is 883. The van der Waals surface area contributed by atoms with Gasteiger partial charge in [-0.05, 0) is 37.1 Å². The zero-order valence-electron chi connectivity index (χ0n) is 15.0. The van der Waals surface area contributed by atoms with Gasteiger partial charge >= 0.3 is 0 Å². The third kappa shape index (κ3) is 3.27. The van der Waals surface area contributed by atoms with Crippen LogP contribution in [0.3, 0.4) is 0 Å². The normalized spacial score (nSPS) is 17.4. The van der Waals surface area contributed by atoms with E-state index in [2.05, 4.69) is 14.5 Å². The molecule has 3 aromatic heterocycles. The van der Waals surface area contributed by atoms with Crippen molar-refractivity contribution in [2.45, 2.75) is 25.3 Å². The Morgan fingerprint density at radius 3 is 2.85 bits per heavy atom. The third-order valence-electron chi connectivity index (χ3n) is 5.04. The molecule has 0 aliphatic carbocycles. The second-order valence-electron chi connectivity index (χ2n) is 6.83. The summed E-state index contributed by atoms with van der Waals surface area (Å²) in [5, 5.41) is 0. The quantitative estimate of drug-likeness (QED) is 0.728. The highest BCUT2D eigenvalue weighted by Crippen LogP contribution is 2.27. The number of carbonyl (C=O) groups is 1. The van der Waals surface area contributed by atoms with Gasteiger partial charge in [0, 0.05) is 50.8 Å². The molecule has 0 aromatic carbocycles. The van der Waals surface area contributed by atoms with Crippen molar-refractivity contribution < 1.29 is 4.79 Å². The molecule has 1 amide bonds. The van der Waals surface area contributed by atoms with Crippen LogP contribution in [0, 0.1) is 0 Å². The maximum absolute atomic E-state index is 12.8.